The van der Waals surface area contributed by atoms with Crippen LogP contribution in [-0.2, 0) is 4.79 Å². The second kappa shape index (κ2) is 6.44. The molecular weight excluding hydrogens is 252 g/mol. The Morgan fingerprint density at radius 3 is 2.30 bits per heavy atom. The summed E-state index contributed by atoms with van der Waals surface area (Å²) in [6.45, 7) is 3.80. The average Bonchev–Trinajstić information content (AvgIpc) is 2.76. The van der Waals surface area contributed by atoms with Gasteiger partial charge in [-0.25, -0.2) is 0 Å². The van der Waals surface area contributed by atoms with Gasteiger partial charge in [0, 0.05) is 19.6 Å². The quantitative estimate of drug-likeness (QED) is 0.762. The molecule has 0 aromatic carbocycles. The maximum absolute atomic E-state index is 13.0. The van der Waals surface area contributed by atoms with E-state index in [2.05, 4.69) is 0 Å². The van der Waals surface area contributed by atoms with E-state index in [4.69, 9.17) is 5.73 Å². The molecule has 4 nitrogen and oxygen atoms in total. The van der Waals surface area contributed by atoms with Crippen molar-refractivity contribution < 1.29 is 9.90 Å². The lowest BCUT2D eigenvalue weighted by molar-refractivity contribution is -0.142. The molecule has 0 spiro atoms. The zero-order valence-electron chi connectivity index (χ0n) is 12.9. The van der Waals surface area contributed by atoms with Crippen molar-refractivity contribution in [1.29, 1.82) is 0 Å². The minimum absolute atomic E-state index is 0.250. The van der Waals surface area contributed by atoms with Crippen LogP contribution in [0.5, 0.6) is 0 Å². The van der Waals surface area contributed by atoms with Gasteiger partial charge in [0.1, 0.15) is 0 Å². The summed E-state index contributed by atoms with van der Waals surface area (Å²) in [4.78, 5) is 15.0. The summed E-state index contributed by atoms with van der Waals surface area (Å²) in [6, 6.07) is 0. The number of likely N-dealkylation sites (tertiary alicyclic amines) is 1. The van der Waals surface area contributed by atoms with Crippen LogP contribution in [0.2, 0.25) is 0 Å². The third kappa shape index (κ3) is 3.53. The predicted octanol–water partition coefficient (Wildman–Crippen LogP) is 2.05. The number of carbonyl (C=O) groups excluding carboxylic acids is 1. The molecule has 2 fully saturated rings. The van der Waals surface area contributed by atoms with E-state index >= 15 is 0 Å². The van der Waals surface area contributed by atoms with Gasteiger partial charge in [-0.05, 0) is 39.0 Å². The second-order valence-corrected chi connectivity index (χ2v) is 7.04. The first kappa shape index (κ1) is 15.8. The highest BCUT2D eigenvalue weighted by molar-refractivity contribution is 5.83. The number of hydrogen-bond acceptors (Lipinski definition) is 3. The van der Waals surface area contributed by atoms with E-state index in [9.17, 15) is 9.90 Å². The molecule has 1 aliphatic heterocycles. The van der Waals surface area contributed by atoms with Crippen molar-refractivity contribution in [2.75, 3.05) is 19.6 Å². The number of hydrogen-bond donors (Lipinski definition) is 2. The fourth-order valence-corrected chi connectivity index (χ4v) is 3.71. The van der Waals surface area contributed by atoms with E-state index in [1.165, 1.54) is 12.8 Å². The van der Waals surface area contributed by atoms with E-state index in [1.807, 2.05) is 11.8 Å². The number of rotatable bonds is 2. The van der Waals surface area contributed by atoms with Gasteiger partial charge in [-0.1, -0.05) is 25.7 Å². The third-order valence-electron chi connectivity index (χ3n) is 5.26. The van der Waals surface area contributed by atoms with Gasteiger partial charge in [0.25, 0.3) is 0 Å². The smallest absolute Gasteiger partial charge is 0.230 e. The fourth-order valence-electron chi connectivity index (χ4n) is 3.71. The maximum Gasteiger partial charge on any atom is 0.230 e. The highest BCUT2D eigenvalue weighted by atomic mass is 16.3. The molecule has 0 aromatic heterocycles. The summed E-state index contributed by atoms with van der Waals surface area (Å²) in [7, 11) is 0. The lowest BCUT2D eigenvalue weighted by Crippen LogP contribution is -2.48. The third-order valence-corrected chi connectivity index (χ3v) is 5.26. The molecule has 2 rings (SSSR count). The molecular formula is C16H30N2O2. The Morgan fingerprint density at radius 1 is 1.05 bits per heavy atom. The van der Waals surface area contributed by atoms with Crippen molar-refractivity contribution in [3.05, 3.63) is 0 Å². The summed E-state index contributed by atoms with van der Waals surface area (Å²) in [5.41, 5.74) is 5.07. The Kier molecular flexibility index (Phi) is 5.08. The van der Waals surface area contributed by atoms with Gasteiger partial charge < -0.3 is 15.7 Å². The van der Waals surface area contributed by atoms with Crippen molar-refractivity contribution >= 4 is 5.91 Å². The van der Waals surface area contributed by atoms with E-state index in [1.54, 1.807) is 0 Å². The number of carbonyl (C=O) groups is 1. The summed E-state index contributed by atoms with van der Waals surface area (Å²) in [5.74, 6) is 0.250. The van der Waals surface area contributed by atoms with Crippen LogP contribution in [0.4, 0.5) is 0 Å². The number of aliphatic hydroxyl groups is 1. The lowest BCUT2D eigenvalue weighted by Gasteiger charge is -2.35. The fraction of sp³-hybridized carbons (Fsp3) is 0.938. The normalized spacial score (nSPS) is 31.4. The molecule has 4 heteroatoms. The second-order valence-electron chi connectivity index (χ2n) is 7.04. The van der Waals surface area contributed by atoms with E-state index < -0.39 is 5.60 Å². The predicted molar refractivity (Wildman–Crippen MR) is 80.2 cm³/mol. The first-order chi connectivity index (χ1) is 9.49. The number of nitrogens with two attached hydrogens (primary N) is 1. The van der Waals surface area contributed by atoms with Crippen molar-refractivity contribution in [1.82, 2.24) is 4.90 Å². The molecule has 20 heavy (non-hydrogen) atoms. The van der Waals surface area contributed by atoms with Gasteiger partial charge in [-0.2, -0.15) is 0 Å². The lowest BCUT2D eigenvalue weighted by atomic mass is 9.79. The summed E-state index contributed by atoms with van der Waals surface area (Å²) < 4.78 is 0. The topological polar surface area (TPSA) is 66.6 Å². The minimum atomic E-state index is -0.617. The SMILES string of the molecule is CC1(O)CCCN(C(=O)C2(CN)CCCCCC2)CC1. The molecule has 1 amide bonds. The molecule has 1 unspecified atom stereocenters. The van der Waals surface area contributed by atoms with Crippen LogP contribution in [0.15, 0.2) is 0 Å². The molecule has 0 aromatic rings. The molecule has 1 heterocycles. The maximum atomic E-state index is 13.0. The van der Waals surface area contributed by atoms with Crippen LogP contribution in [0.1, 0.15) is 64.7 Å². The zero-order chi connectivity index (χ0) is 14.6. The highest BCUT2D eigenvalue weighted by Gasteiger charge is 2.41. The van der Waals surface area contributed by atoms with Crippen molar-refractivity contribution in [2.24, 2.45) is 11.1 Å². The van der Waals surface area contributed by atoms with Gasteiger partial charge in [0.15, 0.2) is 0 Å². The average molecular weight is 282 g/mol. The molecule has 1 atom stereocenters. The molecule has 2 aliphatic rings. The van der Waals surface area contributed by atoms with Crippen LogP contribution in [-0.4, -0.2) is 41.1 Å². The molecule has 116 valence electrons. The number of nitrogens with zero attached hydrogens (tertiary/aromatic N) is 1. The Bertz CT molecular complexity index is 333. The van der Waals surface area contributed by atoms with Gasteiger partial charge in [-0.3, -0.25) is 4.79 Å². The van der Waals surface area contributed by atoms with Crippen LogP contribution in [0.25, 0.3) is 0 Å². The number of amides is 1. The summed E-state index contributed by atoms with van der Waals surface area (Å²) in [6.07, 6.45) is 8.92. The molecule has 3 N–H and O–H groups in total. The molecule has 1 saturated carbocycles. The monoisotopic (exact) mass is 282 g/mol. The van der Waals surface area contributed by atoms with Gasteiger partial charge in [-0.15, -0.1) is 0 Å². The van der Waals surface area contributed by atoms with E-state index in [0.29, 0.717) is 19.5 Å². The molecule has 1 aliphatic carbocycles. The van der Waals surface area contributed by atoms with Gasteiger partial charge in [0.05, 0.1) is 11.0 Å². The van der Waals surface area contributed by atoms with E-state index in [0.717, 1.165) is 45.1 Å². The first-order valence-electron chi connectivity index (χ1n) is 8.21. The van der Waals surface area contributed by atoms with Crippen molar-refractivity contribution in [2.45, 2.75) is 70.3 Å². The standard InChI is InChI=1S/C16H30N2O2/c1-15(20)7-6-11-18(12-10-15)14(19)16(13-17)8-4-2-3-5-9-16/h20H,2-13,17H2,1H3. The van der Waals surface area contributed by atoms with Crippen LogP contribution in [0.3, 0.4) is 0 Å². The van der Waals surface area contributed by atoms with E-state index in [-0.39, 0.29) is 11.3 Å². The van der Waals surface area contributed by atoms with Crippen LogP contribution in [0, 0.1) is 5.41 Å². The molecule has 0 radical (unpaired) electrons. The van der Waals surface area contributed by atoms with Crippen molar-refractivity contribution in [3.8, 4) is 0 Å². The Labute approximate surface area is 122 Å². The summed E-state index contributed by atoms with van der Waals surface area (Å²) in [5, 5.41) is 10.2. The van der Waals surface area contributed by atoms with Gasteiger partial charge >= 0.3 is 0 Å². The highest BCUT2D eigenvalue weighted by Crippen LogP contribution is 2.37. The first-order valence-corrected chi connectivity index (χ1v) is 8.21. The summed E-state index contributed by atoms with van der Waals surface area (Å²) >= 11 is 0. The zero-order valence-corrected chi connectivity index (χ0v) is 12.9. The molecule has 1 saturated heterocycles. The van der Waals surface area contributed by atoms with Crippen LogP contribution < -0.4 is 5.73 Å². The minimum Gasteiger partial charge on any atom is -0.390 e. The van der Waals surface area contributed by atoms with Gasteiger partial charge in [0.2, 0.25) is 5.91 Å². The van der Waals surface area contributed by atoms with Crippen LogP contribution >= 0.6 is 0 Å². The van der Waals surface area contributed by atoms with Crippen molar-refractivity contribution in [3.63, 3.8) is 0 Å². The molecule has 0 bridgehead atoms. The Morgan fingerprint density at radius 2 is 1.70 bits per heavy atom. The largest absolute Gasteiger partial charge is 0.390 e. The Hall–Kier alpha value is -0.610. The Balaban J connectivity index is 2.07.